The van der Waals surface area contributed by atoms with Crippen LogP contribution in [-0.2, 0) is 14.3 Å². The van der Waals surface area contributed by atoms with E-state index in [9.17, 15) is 4.79 Å². The van der Waals surface area contributed by atoms with Crippen molar-refractivity contribution >= 4 is 5.97 Å². The zero-order chi connectivity index (χ0) is 16.2. The molecule has 0 aromatic rings. The Morgan fingerprint density at radius 2 is 1.41 bits per heavy atom. The smallest absolute Gasteiger partial charge is 0.315 e. The molecule has 0 bridgehead atoms. The fourth-order valence-electron chi connectivity index (χ4n) is 4.49. The van der Waals surface area contributed by atoms with Gasteiger partial charge in [0.1, 0.15) is 5.60 Å². The van der Waals surface area contributed by atoms with Gasteiger partial charge in [-0.15, -0.1) is 0 Å². The Labute approximate surface area is 136 Å². The number of ether oxygens (including phenoxy) is 2. The van der Waals surface area contributed by atoms with Gasteiger partial charge in [-0.1, -0.05) is 25.7 Å². The third-order valence-electron chi connectivity index (χ3n) is 5.49. The van der Waals surface area contributed by atoms with Crippen molar-refractivity contribution in [2.45, 2.75) is 84.7 Å². The van der Waals surface area contributed by atoms with Crippen molar-refractivity contribution in [2.24, 2.45) is 17.3 Å². The zero-order valence-corrected chi connectivity index (χ0v) is 15.0. The summed E-state index contributed by atoms with van der Waals surface area (Å²) in [7, 11) is 0. The van der Waals surface area contributed by atoms with E-state index in [1.165, 1.54) is 25.7 Å². The van der Waals surface area contributed by atoms with Gasteiger partial charge in [0.25, 0.3) is 0 Å². The van der Waals surface area contributed by atoms with Crippen LogP contribution in [0.25, 0.3) is 0 Å². The van der Waals surface area contributed by atoms with Crippen LogP contribution in [0.1, 0.15) is 79.1 Å². The lowest BCUT2D eigenvalue weighted by Crippen LogP contribution is -2.50. The van der Waals surface area contributed by atoms with E-state index in [0.717, 1.165) is 25.7 Å². The zero-order valence-electron chi connectivity index (χ0n) is 15.0. The molecule has 22 heavy (non-hydrogen) atoms. The van der Waals surface area contributed by atoms with E-state index < -0.39 is 11.0 Å². The van der Waals surface area contributed by atoms with Crippen LogP contribution >= 0.6 is 0 Å². The molecule has 0 aromatic carbocycles. The molecular weight excluding hydrogens is 276 g/mol. The highest BCUT2D eigenvalue weighted by molar-refractivity contribution is 5.78. The lowest BCUT2D eigenvalue weighted by Gasteiger charge is -2.43. The Kier molecular flexibility index (Phi) is 5.93. The minimum atomic E-state index is -0.425. The van der Waals surface area contributed by atoms with E-state index >= 15 is 0 Å². The molecule has 0 spiro atoms. The Balaban J connectivity index is 2.31. The van der Waals surface area contributed by atoms with Gasteiger partial charge >= 0.3 is 5.97 Å². The van der Waals surface area contributed by atoms with E-state index in [0.29, 0.717) is 25.0 Å². The first kappa shape index (κ1) is 17.8. The average molecular weight is 310 g/mol. The molecule has 0 atom stereocenters. The molecule has 0 aliphatic heterocycles. The topological polar surface area (TPSA) is 35.5 Å². The number of carbonyl (C=O) groups is 1. The van der Waals surface area contributed by atoms with Gasteiger partial charge in [0.05, 0.1) is 12.0 Å². The van der Waals surface area contributed by atoms with Gasteiger partial charge in [0.2, 0.25) is 0 Å². The minimum absolute atomic E-state index is 0.00671. The molecular formula is C19H34O3. The van der Waals surface area contributed by atoms with Gasteiger partial charge in [-0.25, -0.2) is 0 Å². The fraction of sp³-hybridized carbons (Fsp3) is 0.947. The maximum absolute atomic E-state index is 13.3. The molecule has 2 saturated carbocycles. The Morgan fingerprint density at radius 1 is 0.955 bits per heavy atom. The highest BCUT2D eigenvalue weighted by atomic mass is 16.6. The first-order valence-corrected chi connectivity index (χ1v) is 9.21. The van der Waals surface area contributed by atoms with Crippen molar-refractivity contribution in [3.63, 3.8) is 0 Å². The van der Waals surface area contributed by atoms with Crippen LogP contribution in [0.4, 0.5) is 0 Å². The normalized spacial score (nSPS) is 21.5. The molecule has 2 aliphatic rings. The average Bonchev–Trinajstić information content (AvgIpc) is 3.11. The highest BCUT2D eigenvalue weighted by Crippen LogP contribution is 2.52. The second kappa shape index (κ2) is 7.33. The number of hydrogen-bond acceptors (Lipinski definition) is 3. The van der Waals surface area contributed by atoms with Gasteiger partial charge in [-0.3, -0.25) is 4.79 Å². The molecule has 2 rings (SSSR count). The van der Waals surface area contributed by atoms with Crippen LogP contribution in [0, 0.1) is 17.3 Å². The van der Waals surface area contributed by atoms with Crippen LogP contribution in [0.5, 0.6) is 0 Å². The van der Waals surface area contributed by atoms with Gasteiger partial charge in [-0.2, -0.15) is 0 Å². The first-order chi connectivity index (χ1) is 10.4. The maximum Gasteiger partial charge on any atom is 0.315 e. The van der Waals surface area contributed by atoms with Crippen molar-refractivity contribution in [3.8, 4) is 0 Å². The molecule has 128 valence electrons. The van der Waals surface area contributed by atoms with E-state index in [1.807, 2.05) is 27.7 Å². The van der Waals surface area contributed by atoms with Crippen molar-refractivity contribution in [2.75, 3.05) is 13.2 Å². The van der Waals surface area contributed by atoms with Gasteiger partial charge in [-0.05, 0) is 65.2 Å². The molecule has 3 heteroatoms. The molecule has 0 N–H and O–H groups in total. The van der Waals surface area contributed by atoms with Crippen LogP contribution in [0.15, 0.2) is 0 Å². The number of hydrogen-bond donors (Lipinski definition) is 0. The van der Waals surface area contributed by atoms with E-state index in [2.05, 4.69) is 0 Å². The Bertz CT molecular complexity index is 341. The standard InChI is InChI=1S/C19H34O3/c1-5-21-14-19(15-10-6-7-11-15,16-12-8-9-13-16)17(20)22-18(2,3)4/h15-16H,5-14H2,1-4H3. The summed E-state index contributed by atoms with van der Waals surface area (Å²) in [5.74, 6) is 0.890. The van der Waals surface area contributed by atoms with Crippen molar-refractivity contribution in [1.29, 1.82) is 0 Å². The summed E-state index contributed by atoms with van der Waals surface area (Å²) in [5, 5.41) is 0. The SMILES string of the molecule is CCOCC(C(=O)OC(C)(C)C)(C1CCCC1)C1CCCC1. The molecule has 3 nitrogen and oxygen atoms in total. The van der Waals surface area contributed by atoms with Crippen LogP contribution < -0.4 is 0 Å². The van der Waals surface area contributed by atoms with Crippen LogP contribution in [0.3, 0.4) is 0 Å². The van der Waals surface area contributed by atoms with Crippen LogP contribution in [-0.4, -0.2) is 24.8 Å². The molecule has 0 unspecified atom stereocenters. The molecule has 0 amide bonds. The summed E-state index contributed by atoms with van der Waals surface area (Å²) < 4.78 is 11.8. The van der Waals surface area contributed by atoms with Crippen molar-refractivity contribution in [3.05, 3.63) is 0 Å². The maximum atomic E-state index is 13.3. The third-order valence-corrected chi connectivity index (χ3v) is 5.49. The quantitative estimate of drug-likeness (QED) is 0.665. The summed E-state index contributed by atoms with van der Waals surface area (Å²) in [6.45, 7) is 9.15. The largest absolute Gasteiger partial charge is 0.459 e. The third kappa shape index (κ3) is 3.84. The Hall–Kier alpha value is -0.570. The second-order valence-electron chi connectivity index (χ2n) is 8.14. The number of esters is 1. The van der Waals surface area contributed by atoms with Gasteiger partial charge in [0, 0.05) is 6.61 Å². The highest BCUT2D eigenvalue weighted by Gasteiger charge is 2.54. The summed E-state index contributed by atoms with van der Waals surface area (Å²) in [6.07, 6.45) is 9.60. The monoisotopic (exact) mass is 310 g/mol. The summed E-state index contributed by atoms with van der Waals surface area (Å²) in [5.41, 5.74) is -0.831. The number of rotatable bonds is 6. The van der Waals surface area contributed by atoms with E-state index in [-0.39, 0.29) is 5.97 Å². The first-order valence-electron chi connectivity index (χ1n) is 9.21. The molecule has 0 saturated heterocycles. The molecule has 0 radical (unpaired) electrons. The predicted octanol–water partition coefficient (Wildman–Crippen LogP) is 4.73. The molecule has 2 fully saturated rings. The molecule has 0 heterocycles. The second-order valence-corrected chi connectivity index (χ2v) is 8.14. The molecule has 2 aliphatic carbocycles. The van der Waals surface area contributed by atoms with Crippen molar-refractivity contribution in [1.82, 2.24) is 0 Å². The van der Waals surface area contributed by atoms with Gasteiger partial charge in [0.15, 0.2) is 0 Å². The van der Waals surface area contributed by atoms with Crippen LogP contribution in [0.2, 0.25) is 0 Å². The van der Waals surface area contributed by atoms with E-state index in [1.54, 1.807) is 0 Å². The predicted molar refractivity (Wildman–Crippen MR) is 88.7 cm³/mol. The van der Waals surface area contributed by atoms with Crippen molar-refractivity contribution < 1.29 is 14.3 Å². The lowest BCUT2D eigenvalue weighted by atomic mass is 9.65. The fourth-order valence-corrected chi connectivity index (χ4v) is 4.49. The minimum Gasteiger partial charge on any atom is -0.459 e. The summed E-state index contributed by atoms with van der Waals surface area (Å²) in [4.78, 5) is 13.3. The summed E-state index contributed by atoms with van der Waals surface area (Å²) >= 11 is 0. The van der Waals surface area contributed by atoms with Gasteiger partial charge < -0.3 is 9.47 Å². The lowest BCUT2D eigenvalue weighted by molar-refractivity contribution is -0.182. The summed E-state index contributed by atoms with van der Waals surface area (Å²) in [6, 6.07) is 0. The molecule has 0 aromatic heterocycles. The van der Waals surface area contributed by atoms with E-state index in [4.69, 9.17) is 9.47 Å². The Morgan fingerprint density at radius 3 is 1.77 bits per heavy atom. The number of carbonyl (C=O) groups excluding carboxylic acids is 1.